The Morgan fingerprint density at radius 3 is 2.44 bits per heavy atom. The van der Waals surface area contributed by atoms with E-state index in [1.807, 2.05) is 4.90 Å². The largest absolute Gasteiger partial charge is 0.325 e. The second kappa shape index (κ2) is 5.53. The minimum absolute atomic E-state index is 0.260. The summed E-state index contributed by atoms with van der Waals surface area (Å²) in [5, 5.41) is 3.32. The van der Waals surface area contributed by atoms with E-state index in [0.717, 1.165) is 32.7 Å². The molecule has 2 amide bonds. The lowest BCUT2D eigenvalue weighted by Gasteiger charge is -2.37. The fourth-order valence-electron chi connectivity index (χ4n) is 2.57. The molecule has 2 heterocycles. The monoisotopic (exact) mass is 225 g/mol. The number of hydrogen-bond acceptors (Lipinski definition) is 2. The molecular formula is C12H23N3O. The molecule has 2 rings (SSSR count). The van der Waals surface area contributed by atoms with E-state index in [-0.39, 0.29) is 6.03 Å². The van der Waals surface area contributed by atoms with Crippen molar-refractivity contribution in [3.63, 3.8) is 0 Å². The molecule has 0 aromatic heterocycles. The van der Waals surface area contributed by atoms with E-state index < -0.39 is 0 Å². The first kappa shape index (κ1) is 11.7. The van der Waals surface area contributed by atoms with Gasteiger partial charge in [-0.25, -0.2) is 4.79 Å². The van der Waals surface area contributed by atoms with Crippen LogP contribution in [0.1, 0.15) is 32.6 Å². The quantitative estimate of drug-likeness (QED) is 0.674. The van der Waals surface area contributed by atoms with Crippen LogP contribution in [0.15, 0.2) is 0 Å². The summed E-state index contributed by atoms with van der Waals surface area (Å²) in [5.41, 5.74) is 0. The van der Waals surface area contributed by atoms with E-state index in [4.69, 9.17) is 0 Å². The molecule has 0 spiro atoms. The molecule has 4 nitrogen and oxygen atoms in total. The molecule has 0 aliphatic carbocycles. The molecule has 0 unspecified atom stereocenters. The molecule has 2 aliphatic heterocycles. The van der Waals surface area contributed by atoms with Gasteiger partial charge in [0, 0.05) is 38.8 Å². The second-order valence-electron chi connectivity index (χ2n) is 4.93. The van der Waals surface area contributed by atoms with Crippen molar-refractivity contribution < 1.29 is 4.79 Å². The van der Waals surface area contributed by atoms with E-state index in [9.17, 15) is 4.79 Å². The number of piperazine rings is 1. The Kier molecular flexibility index (Phi) is 4.04. The molecule has 0 saturated carbocycles. The molecule has 2 saturated heterocycles. The Morgan fingerprint density at radius 1 is 1.12 bits per heavy atom. The van der Waals surface area contributed by atoms with Gasteiger partial charge in [0.05, 0.1) is 0 Å². The molecule has 2 fully saturated rings. The van der Waals surface area contributed by atoms with Crippen molar-refractivity contribution in [1.29, 1.82) is 0 Å². The first-order valence-corrected chi connectivity index (χ1v) is 6.55. The van der Waals surface area contributed by atoms with Gasteiger partial charge in [-0.2, -0.15) is 0 Å². The van der Waals surface area contributed by atoms with Gasteiger partial charge in [0.15, 0.2) is 0 Å². The van der Waals surface area contributed by atoms with Gasteiger partial charge < -0.3 is 15.1 Å². The highest BCUT2D eigenvalue weighted by Gasteiger charge is 2.27. The summed E-state index contributed by atoms with van der Waals surface area (Å²) in [4.78, 5) is 16.4. The van der Waals surface area contributed by atoms with Gasteiger partial charge in [0.1, 0.15) is 0 Å². The van der Waals surface area contributed by atoms with Gasteiger partial charge in [-0.1, -0.05) is 12.8 Å². The molecular weight excluding hydrogens is 202 g/mol. The summed E-state index contributed by atoms with van der Waals surface area (Å²) >= 11 is 0. The number of rotatable bonds is 0. The van der Waals surface area contributed by atoms with Crippen molar-refractivity contribution in [3.8, 4) is 0 Å². The second-order valence-corrected chi connectivity index (χ2v) is 4.93. The van der Waals surface area contributed by atoms with Crippen molar-refractivity contribution in [2.45, 2.75) is 38.6 Å². The van der Waals surface area contributed by atoms with E-state index in [1.54, 1.807) is 0 Å². The molecule has 1 N–H and O–H groups in total. The number of hydrogen-bond donors (Lipinski definition) is 1. The van der Waals surface area contributed by atoms with Crippen LogP contribution in [0.4, 0.5) is 4.79 Å². The fraction of sp³-hybridized carbons (Fsp3) is 0.917. The lowest BCUT2D eigenvalue weighted by Crippen LogP contribution is -2.56. The van der Waals surface area contributed by atoms with Crippen LogP contribution in [0, 0.1) is 0 Å². The van der Waals surface area contributed by atoms with Crippen LogP contribution in [-0.2, 0) is 0 Å². The summed E-state index contributed by atoms with van der Waals surface area (Å²) in [5.74, 6) is 0. The van der Waals surface area contributed by atoms with Gasteiger partial charge in [-0.3, -0.25) is 0 Å². The van der Waals surface area contributed by atoms with Crippen LogP contribution < -0.4 is 5.32 Å². The number of likely N-dealkylation sites (tertiary alicyclic amines) is 1. The molecule has 4 heteroatoms. The van der Waals surface area contributed by atoms with E-state index >= 15 is 0 Å². The number of carbonyl (C=O) groups is 1. The summed E-state index contributed by atoms with van der Waals surface area (Å²) < 4.78 is 0. The molecule has 2 aliphatic rings. The average Bonchev–Trinajstić information content (AvgIpc) is 2.57. The number of nitrogens with zero attached hydrogens (tertiary/aromatic N) is 2. The van der Waals surface area contributed by atoms with Crippen LogP contribution >= 0.6 is 0 Å². The Hall–Kier alpha value is -0.770. The van der Waals surface area contributed by atoms with Crippen molar-refractivity contribution in [1.82, 2.24) is 15.1 Å². The fourth-order valence-corrected chi connectivity index (χ4v) is 2.57. The van der Waals surface area contributed by atoms with Gasteiger partial charge in [-0.15, -0.1) is 0 Å². The zero-order valence-corrected chi connectivity index (χ0v) is 10.2. The number of amides is 2. The maximum Gasteiger partial charge on any atom is 0.320 e. The normalized spacial score (nSPS) is 27.7. The highest BCUT2D eigenvalue weighted by Crippen LogP contribution is 2.13. The van der Waals surface area contributed by atoms with Crippen LogP contribution in [0.5, 0.6) is 0 Å². The Labute approximate surface area is 98.0 Å². The highest BCUT2D eigenvalue weighted by molar-refractivity contribution is 5.75. The minimum Gasteiger partial charge on any atom is -0.325 e. The number of urea groups is 1. The van der Waals surface area contributed by atoms with E-state index in [1.165, 1.54) is 25.7 Å². The first-order valence-electron chi connectivity index (χ1n) is 6.55. The summed E-state index contributed by atoms with van der Waals surface area (Å²) in [7, 11) is 0. The maximum absolute atomic E-state index is 12.3. The predicted molar refractivity (Wildman–Crippen MR) is 64.5 cm³/mol. The van der Waals surface area contributed by atoms with Gasteiger partial charge in [0.2, 0.25) is 0 Å². The van der Waals surface area contributed by atoms with E-state index in [2.05, 4.69) is 17.1 Å². The number of nitrogens with one attached hydrogen (secondary N) is 1. The van der Waals surface area contributed by atoms with Crippen LogP contribution in [0.2, 0.25) is 0 Å². The van der Waals surface area contributed by atoms with Crippen molar-refractivity contribution in [2.24, 2.45) is 0 Å². The first-order chi connectivity index (χ1) is 7.79. The average molecular weight is 225 g/mol. The molecule has 1 atom stereocenters. The zero-order chi connectivity index (χ0) is 11.4. The third-order valence-corrected chi connectivity index (χ3v) is 3.62. The molecule has 0 bridgehead atoms. The zero-order valence-electron chi connectivity index (χ0n) is 10.2. The third-order valence-electron chi connectivity index (χ3n) is 3.62. The lowest BCUT2D eigenvalue weighted by molar-refractivity contribution is 0.127. The summed E-state index contributed by atoms with van der Waals surface area (Å²) in [6.45, 7) is 6.76. The smallest absolute Gasteiger partial charge is 0.320 e. The van der Waals surface area contributed by atoms with Crippen LogP contribution in [0.25, 0.3) is 0 Å². The van der Waals surface area contributed by atoms with Crippen LogP contribution in [0.3, 0.4) is 0 Å². The Bertz CT molecular complexity index is 236. The molecule has 0 radical (unpaired) electrons. The topological polar surface area (TPSA) is 35.6 Å². The van der Waals surface area contributed by atoms with Gasteiger partial charge in [-0.05, 0) is 19.8 Å². The maximum atomic E-state index is 12.3. The van der Waals surface area contributed by atoms with Crippen molar-refractivity contribution in [2.75, 3.05) is 32.7 Å². The van der Waals surface area contributed by atoms with E-state index in [0.29, 0.717) is 6.04 Å². The van der Waals surface area contributed by atoms with Crippen molar-refractivity contribution in [3.05, 3.63) is 0 Å². The highest BCUT2D eigenvalue weighted by atomic mass is 16.2. The Balaban J connectivity index is 1.93. The van der Waals surface area contributed by atoms with Crippen LogP contribution in [-0.4, -0.2) is 54.6 Å². The number of carbonyl (C=O) groups excluding carboxylic acids is 1. The third kappa shape index (κ3) is 2.67. The lowest BCUT2D eigenvalue weighted by atomic mass is 10.2. The van der Waals surface area contributed by atoms with Gasteiger partial charge >= 0.3 is 6.03 Å². The molecule has 0 aromatic carbocycles. The predicted octanol–water partition coefficient (Wildman–Crippen LogP) is 1.28. The van der Waals surface area contributed by atoms with Crippen molar-refractivity contribution >= 4 is 6.03 Å². The summed E-state index contributed by atoms with van der Waals surface area (Å²) in [6.07, 6.45) is 4.90. The molecule has 92 valence electrons. The van der Waals surface area contributed by atoms with Gasteiger partial charge in [0.25, 0.3) is 0 Å². The Morgan fingerprint density at radius 2 is 1.81 bits per heavy atom. The molecule has 16 heavy (non-hydrogen) atoms. The molecule has 0 aromatic rings. The summed E-state index contributed by atoms with van der Waals surface area (Å²) in [6, 6.07) is 0.598. The SMILES string of the molecule is C[C@@H]1CNCCN1C(=O)N1CCCCCC1. The standard InChI is InChI=1S/C12H23N3O/c1-11-10-13-6-9-15(11)12(16)14-7-4-2-3-5-8-14/h11,13H,2-10H2,1H3/t11-/m1/s1. The minimum atomic E-state index is 0.260.